The van der Waals surface area contributed by atoms with E-state index in [-0.39, 0.29) is 5.82 Å². The molecule has 1 fully saturated rings. The van der Waals surface area contributed by atoms with E-state index in [2.05, 4.69) is 12.2 Å². The first-order valence-corrected chi connectivity index (χ1v) is 6.47. The van der Waals surface area contributed by atoms with Crippen LogP contribution in [0.1, 0.15) is 26.2 Å². The Balaban J connectivity index is 2.00. The topological polar surface area (TPSA) is 47.3 Å². The van der Waals surface area contributed by atoms with E-state index in [1.807, 2.05) is 0 Å². The predicted octanol–water partition coefficient (Wildman–Crippen LogP) is 3.26. The van der Waals surface area contributed by atoms with Gasteiger partial charge in [-0.05, 0) is 24.7 Å². The third-order valence-electron chi connectivity index (χ3n) is 3.70. The van der Waals surface area contributed by atoms with Gasteiger partial charge in [-0.25, -0.2) is 4.39 Å². The van der Waals surface area contributed by atoms with Crippen molar-refractivity contribution in [3.63, 3.8) is 0 Å². The molecule has 3 nitrogen and oxygen atoms in total. The number of hydrogen-bond acceptors (Lipinski definition) is 3. The van der Waals surface area contributed by atoms with Crippen molar-refractivity contribution in [2.24, 2.45) is 11.8 Å². The molecular weight excluding hydrogens is 231 g/mol. The zero-order chi connectivity index (χ0) is 13.1. The highest BCUT2D eigenvalue weighted by Gasteiger charge is 2.21. The Hall–Kier alpha value is -1.45. The summed E-state index contributed by atoms with van der Waals surface area (Å²) in [5, 5.41) is 3.17. The van der Waals surface area contributed by atoms with Gasteiger partial charge >= 0.3 is 0 Å². The molecule has 1 aliphatic carbocycles. The van der Waals surface area contributed by atoms with Crippen molar-refractivity contribution < 1.29 is 9.13 Å². The molecule has 0 heterocycles. The maximum atomic E-state index is 13.7. The number of methoxy groups -OCH3 is 1. The molecule has 0 saturated heterocycles. The SMILES string of the molecule is COc1cc(NCC2CCC(C)C2)c(F)cc1N. The molecule has 18 heavy (non-hydrogen) atoms. The molecule has 1 saturated carbocycles. The highest BCUT2D eigenvalue weighted by Crippen LogP contribution is 2.32. The van der Waals surface area contributed by atoms with Crippen LogP contribution in [0.2, 0.25) is 0 Å². The zero-order valence-corrected chi connectivity index (χ0v) is 11.0. The van der Waals surface area contributed by atoms with E-state index in [1.165, 1.54) is 32.4 Å². The van der Waals surface area contributed by atoms with Crippen LogP contribution < -0.4 is 15.8 Å². The molecule has 3 N–H and O–H groups in total. The van der Waals surface area contributed by atoms with Crippen molar-refractivity contribution in [3.05, 3.63) is 17.9 Å². The van der Waals surface area contributed by atoms with Crippen LogP contribution in [0.3, 0.4) is 0 Å². The number of nitrogens with one attached hydrogen (secondary N) is 1. The summed E-state index contributed by atoms with van der Waals surface area (Å²) in [5.41, 5.74) is 6.45. The standard InChI is InChI=1S/C14H21FN2O/c1-9-3-4-10(5-9)8-17-13-7-14(18-2)12(16)6-11(13)15/h6-7,9-10,17H,3-5,8,16H2,1-2H3. The third kappa shape index (κ3) is 2.86. The van der Waals surface area contributed by atoms with Gasteiger partial charge in [0.25, 0.3) is 0 Å². The number of anilines is 2. The van der Waals surface area contributed by atoms with Gasteiger partial charge in [0.05, 0.1) is 18.5 Å². The second-order valence-electron chi connectivity index (χ2n) is 5.24. The van der Waals surface area contributed by atoms with Gasteiger partial charge < -0.3 is 15.8 Å². The number of halogens is 1. The Morgan fingerprint density at radius 1 is 1.44 bits per heavy atom. The maximum Gasteiger partial charge on any atom is 0.148 e. The summed E-state index contributed by atoms with van der Waals surface area (Å²) < 4.78 is 18.8. The number of hydrogen-bond donors (Lipinski definition) is 2. The van der Waals surface area contributed by atoms with Crippen molar-refractivity contribution in [1.29, 1.82) is 0 Å². The largest absolute Gasteiger partial charge is 0.495 e. The molecule has 1 aromatic rings. The molecule has 0 spiro atoms. The minimum Gasteiger partial charge on any atom is -0.495 e. The smallest absolute Gasteiger partial charge is 0.148 e. The van der Waals surface area contributed by atoms with Crippen LogP contribution in [0.15, 0.2) is 12.1 Å². The molecular formula is C14H21FN2O. The minimum atomic E-state index is -0.320. The predicted molar refractivity (Wildman–Crippen MR) is 72.4 cm³/mol. The van der Waals surface area contributed by atoms with Crippen LogP contribution in [-0.4, -0.2) is 13.7 Å². The van der Waals surface area contributed by atoms with E-state index in [4.69, 9.17) is 10.5 Å². The summed E-state index contributed by atoms with van der Waals surface area (Å²) in [5.74, 6) is 1.63. The Kier molecular flexibility index (Phi) is 3.94. The molecule has 4 heteroatoms. The lowest BCUT2D eigenvalue weighted by Crippen LogP contribution is -2.12. The summed E-state index contributed by atoms with van der Waals surface area (Å²) in [6, 6.07) is 2.93. The number of benzene rings is 1. The fraction of sp³-hybridized carbons (Fsp3) is 0.571. The fourth-order valence-corrected chi connectivity index (χ4v) is 2.65. The second-order valence-corrected chi connectivity index (χ2v) is 5.24. The first-order valence-electron chi connectivity index (χ1n) is 6.47. The average molecular weight is 252 g/mol. The van der Waals surface area contributed by atoms with E-state index in [9.17, 15) is 4.39 Å². The monoisotopic (exact) mass is 252 g/mol. The van der Waals surface area contributed by atoms with Gasteiger partial charge in [0.15, 0.2) is 0 Å². The summed E-state index contributed by atoms with van der Waals surface area (Å²) in [7, 11) is 1.53. The second kappa shape index (κ2) is 5.46. The normalized spacial score (nSPS) is 23.1. The lowest BCUT2D eigenvalue weighted by molar-refractivity contribution is 0.416. The Labute approximate surface area is 108 Å². The first kappa shape index (κ1) is 13.0. The molecule has 2 rings (SSSR count). The highest BCUT2D eigenvalue weighted by atomic mass is 19.1. The van der Waals surface area contributed by atoms with E-state index in [1.54, 1.807) is 6.07 Å². The van der Waals surface area contributed by atoms with Crippen molar-refractivity contribution in [3.8, 4) is 5.75 Å². The average Bonchev–Trinajstić information content (AvgIpc) is 2.74. The van der Waals surface area contributed by atoms with Gasteiger partial charge in [-0.3, -0.25) is 0 Å². The quantitative estimate of drug-likeness (QED) is 0.808. The summed E-state index contributed by atoms with van der Waals surface area (Å²) >= 11 is 0. The number of rotatable bonds is 4. The van der Waals surface area contributed by atoms with E-state index < -0.39 is 0 Å². The lowest BCUT2D eigenvalue weighted by atomic mass is 10.1. The Morgan fingerprint density at radius 2 is 2.22 bits per heavy atom. The molecule has 0 bridgehead atoms. The molecule has 2 atom stereocenters. The van der Waals surface area contributed by atoms with Crippen LogP contribution in [-0.2, 0) is 0 Å². The van der Waals surface area contributed by atoms with Gasteiger partial charge in [0, 0.05) is 18.7 Å². The molecule has 2 unspecified atom stereocenters. The van der Waals surface area contributed by atoms with Crippen LogP contribution in [0.5, 0.6) is 5.75 Å². The molecule has 1 aliphatic rings. The van der Waals surface area contributed by atoms with Gasteiger partial charge in [0.1, 0.15) is 11.6 Å². The highest BCUT2D eigenvalue weighted by molar-refractivity contribution is 5.62. The minimum absolute atomic E-state index is 0.320. The Morgan fingerprint density at radius 3 is 2.83 bits per heavy atom. The van der Waals surface area contributed by atoms with Crippen LogP contribution in [0, 0.1) is 17.7 Å². The van der Waals surface area contributed by atoms with Crippen LogP contribution >= 0.6 is 0 Å². The lowest BCUT2D eigenvalue weighted by Gasteiger charge is -2.14. The Bertz CT molecular complexity index is 423. The van der Waals surface area contributed by atoms with Crippen molar-refractivity contribution >= 4 is 11.4 Å². The van der Waals surface area contributed by atoms with Crippen LogP contribution in [0.4, 0.5) is 15.8 Å². The van der Waals surface area contributed by atoms with Gasteiger partial charge in [-0.1, -0.05) is 13.3 Å². The van der Waals surface area contributed by atoms with Gasteiger partial charge in [-0.2, -0.15) is 0 Å². The molecule has 0 amide bonds. The van der Waals surface area contributed by atoms with Crippen molar-refractivity contribution in [2.45, 2.75) is 26.2 Å². The van der Waals surface area contributed by atoms with Gasteiger partial charge in [-0.15, -0.1) is 0 Å². The number of nitrogens with two attached hydrogens (primary N) is 1. The summed E-state index contributed by atoms with van der Waals surface area (Å²) in [6.07, 6.45) is 3.72. The number of nitrogen functional groups attached to an aromatic ring is 1. The third-order valence-corrected chi connectivity index (χ3v) is 3.70. The fourth-order valence-electron chi connectivity index (χ4n) is 2.65. The van der Waals surface area contributed by atoms with Crippen molar-refractivity contribution in [2.75, 3.05) is 24.7 Å². The van der Waals surface area contributed by atoms with Crippen LogP contribution in [0.25, 0.3) is 0 Å². The van der Waals surface area contributed by atoms with Crippen molar-refractivity contribution in [1.82, 2.24) is 0 Å². The number of ether oxygens (including phenoxy) is 1. The molecule has 1 aromatic carbocycles. The molecule has 100 valence electrons. The summed E-state index contributed by atoms with van der Waals surface area (Å²) in [6.45, 7) is 3.08. The first-order chi connectivity index (χ1) is 8.60. The van der Waals surface area contributed by atoms with E-state index in [0.717, 1.165) is 12.5 Å². The molecule has 0 aliphatic heterocycles. The van der Waals surface area contributed by atoms with E-state index in [0.29, 0.717) is 23.0 Å². The zero-order valence-electron chi connectivity index (χ0n) is 11.0. The van der Waals surface area contributed by atoms with E-state index >= 15 is 0 Å². The van der Waals surface area contributed by atoms with Gasteiger partial charge in [0.2, 0.25) is 0 Å². The summed E-state index contributed by atoms with van der Waals surface area (Å²) in [4.78, 5) is 0. The molecule has 0 aromatic heterocycles. The maximum absolute atomic E-state index is 13.7. The molecule has 0 radical (unpaired) electrons.